The van der Waals surface area contributed by atoms with Crippen molar-refractivity contribution in [1.82, 2.24) is 10.2 Å². The van der Waals surface area contributed by atoms with Gasteiger partial charge in [0.25, 0.3) is 11.8 Å². The highest BCUT2D eigenvalue weighted by Crippen LogP contribution is 2.14. The Morgan fingerprint density at radius 1 is 1.14 bits per heavy atom. The van der Waals surface area contributed by atoms with Crippen LogP contribution in [0.2, 0.25) is 0 Å². The lowest BCUT2D eigenvalue weighted by Gasteiger charge is -2.31. The zero-order valence-electron chi connectivity index (χ0n) is 14.0. The van der Waals surface area contributed by atoms with Crippen molar-refractivity contribution in [3.05, 3.63) is 12.2 Å². The van der Waals surface area contributed by atoms with Crippen LogP contribution in [0, 0.1) is 0 Å². The summed E-state index contributed by atoms with van der Waals surface area (Å²) in [6, 6.07) is -0.164. The van der Waals surface area contributed by atoms with E-state index in [1.807, 2.05) is 27.7 Å². The maximum atomic E-state index is 11.6. The monoisotopic (exact) mass is 296 g/mol. The van der Waals surface area contributed by atoms with E-state index in [0.717, 1.165) is 6.42 Å². The second-order valence-corrected chi connectivity index (χ2v) is 7.20. The van der Waals surface area contributed by atoms with Crippen molar-refractivity contribution in [3.63, 3.8) is 0 Å². The van der Waals surface area contributed by atoms with E-state index in [9.17, 15) is 9.59 Å². The van der Waals surface area contributed by atoms with Gasteiger partial charge in [0.1, 0.15) is 0 Å². The van der Waals surface area contributed by atoms with Gasteiger partial charge in [-0.2, -0.15) is 0 Å². The molecule has 2 amide bonds. The predicted molar refractivity (Wildman–Crippen MR) is 82.9 cm³/mol. The van der Waals surface area contributed by atoms with Crippen LogP contribution in [0.4, 0.5) is 0 Å². The summed E-state index contributed by atoms with van der Waals surface area (Å²) in [4.78, 5) is 24.5. The van der Waals surface area contributed by atoms with Gasteiger partial charge in [0.2, 0.25) is 0 Å². The molecule has 0 saturated carbocycles. The van der Waals surface area contributed by atoms with Crippen molar-refractivity contribution in [2.75, 3.05) is 13.2 Å². The topological polar surface area (TPSA) is 58.6 Å². The third kappa shape index (κ3) is 5.98. The van der Waals surface area contributed by atoms with Crippen LogP contribution in [0.1, 0.15) is 48.0 Å². The molecule has 0 aromatic rings. The normalized spacial score (nSPS) is 17.7. The summed E-state index contributed by atoms with van der Waals surface area (Å²) < 4.78 is 5.74. The fourth-order valence-corrected chi connectivity index (χ4v) is 2.06. The average molecular weight is 296 g/mol. The van der Waals surface area contributed by atoms with Crippen molar-refractivity contribution < 1.29 is 14.3 Å². The van der Waals surface area contributed by atoms with Gasteiger partial charge in [-0.15, -0.1) is 0 Å². The number of hydrogen-bond donors (Lipinski definition) is 1. The van der Waals surface area contributed by atoms with E-state index >= 15 is 0 Å². The number of carbonyl (C=O) groups is 2. The molecule has 0 aromatic heterocycles. The summed E-state index contributed by atoms with van der Waals surface area (Å²) in [6.45, 7) is 13.4. The molecule has 0 saturated heterocycles. The number of ether oxygens (including phenoxy) is 1. The zero-order valence-corrected chi connectivity index (χ0v) is 14.0. The molecule has 0 spiro atoms. The maximum absolute atomic E-state index is 11.6. The van der Waals surface area contributed by atoms with E-state index in [0.29, 0.717) is 13.2 Å². The number of nitrogens with zero attached hydrogens (tertiary/aromatic N) is 1. The zero-order chi connectivity index (χ0) is 16.3. The van der Waals surface area contributed by atoms with E-state index in [1.54, 1.807) is 0 Å². The van der Waals surface area contributed by atoms with Gasteiger partial charge in [0, 0.05) is 36.9 Å². The van der Waals surface area contributed by atoms with Crippen molar-refractivity contribution in [2.45, 2.75) is 65.1 Å². The number of carbonyl (C=O) groups excluding carboxylic acids is 2. The highest BCUT2D eigenvalue weighted by atomic mass is 16.5. The molecule has 0 aromatic carbocycles. The summed E-state index contributed by atoms with van der Waals surface area (Å²) >= 11 is 0. The van der Waals surface area contributed by atoms with Crippen molar-refractivity contribution in [2.24, 2.45) is 0 Å². The van der Waals surface area contributed by atoms with Crippen LogP contribution in [-0.2, 0) is 14.3 Å². The average Bonchev–Trinajstić information content (AvgIpc) is 2.64. The molecule has 5 nitrogen and oxygen atoms in total. The first-order chi connectivity index (χ1) is 9.52. The molecule has 1 aliphatic heterocycles. The molecule has 1 N–H and O–H groups in total. The van der Waals surface area contributed by atoms with Gasteiger partial charge in [0.05, 0.1) is 5.60 Å². The largest absolute Gasteiger partial charge is 0.376 e. The molecule has 0 aliphatic carbocycles. The van der Waals surface area contributed by atoms with Crippen molar-refractivity contribution >= 4 is 11.8 Å². The Kier molecular flexibility index (Phi) is 5.70. The van der Waals surface area contributed by atoms with E-state index < -0.39 is 0 Å². The first-order valence-corrected chi connectivity index (χ1v) is 7.46. The molecule has 1 unspecified atom stereocenters. The van der Waals surface area contributed by atoms with Crippen molar-refractivity contribution in [1.29, 1.82) is 0 Å². The number of nitrogens with one attached hydrogen (secondary N) is 1. The molecular formula is C16H28N2O3. The molecular weight excluding hydrogens is 268 g/mol. The summed E-state index contributed by atoms with van der Waals surface area (Å²) in [7, 11) is 0. The fraction of sp³-hybridized carbons (Fsp3) is 0.750. The molecule has 120 valence electrons. The molecule has 1 atom stereocenters. The first kappa shape index (κ1) is 17.9. The standard InChI is InChI=1S/C16H28N2O3/c1-12(18-13(19)7-8-14(18)20)11-17-16(5,6)9-10-21-15(2,3)4/h7-8,12,17H,9-11H2,1-6H3. The van der Waals surface area contributed by atoms with E-state index in [4.69, 9.17) is 4.74 Å². The van der Waals surface area contributed by atoms with E-state index in [1.165, 1.54) is 17.1 Å². The van der Waals surface area contributed by atoms with Gasteiger partial charge in [0.15, 0.2) is 0 Å². The Balaban J connectivity index is 2.39. The van der Waals surface area contributed by atoms with Crippen LogP contribution < -0.4 is 5.32 Å². The van der Waals surface area contributed by atoms with Crippen LogP contribution in [0.15, 0.2) is 12.2 Å². The van der Waals surface area contributed by atoms with E-state index in [-0.39, 0.29) is 29.0 Å². The molecule has 0 radical (unpaired) electrons. The number of rotatable bonds is 7. The third-order valence-electron chi connectivity index (χ3n) is 3.42. The second kappa shape index (κ2) is 6.71. The Hall–Kier alpha value is -1.20. The molecule has 0 fully saturated rings. The third-order valence-corrected chi connectivity index (χ3v) is 3.42. The Morgan fingerprint density at radius 2 is 1.67 bits per heavy atom. The minimum absolute atomic E-state index is 0.112. The maximum Gasteiger partial charge on any atom is 0.253 e. The lowest BCUT2D eigenvalue weighted by Crippen LogP contribution is -2.50. The van der Waals surface area contributed by atoms with Gasteiger partial charge < -0.3 is 10.1 Å². The van der Waals surface area contributed by atoms with Crippen LogP contribution in [0.5, 0.6) is 0 Å². The summed E-state index contributed by atoms with van der Waals surface area (Å²) in [5.41, 5.74) is -0.248. The molecule has 21 heavy (non-hydrogen) atoms. The minimum Gasteiger partial charge on any atom is -0.376 e. The van der Waals surface area contributed by atoms with Crippen LogP contribution in [0.3, 0.4) is 0 Å². The van der Waals surface area contributed by atoms with Gasteiger partial charge in [-0.25, -0.2) is 0 Å². The predicted octanol–water partition coefficient (Wildman–Crippen LogP) is 1.87. The highest BCUT2D eigenvalue weighted by molar-refractivity contribution is 6.13. The Morgan fingerprint density at radius 3 is 2.14 bits per heavy atom. The second-order valence-electron chi connectivity index (χ2n) is 7.20. The lowest BCUT2D eigenvalue weighted by atomic mass is 10.0. The number of amides is 2. The van der Waals surface area contributed by atoms with Gasteiger partial charge in [-0.3, -0.25) is 14.5 Å². The first-order valence-electron chi connectivity index (χ1n) is 7.46. The van der Waals surface area contributed by atoms with Crippen LogP contribution >= 0.6 is 0 Å². The molecule has 1 aliphatic rings. The van der Waals surface area contributed by atoms with Crippen molar-refractivity contribution in [3.8, 4) is 0 Å². The molecule has 0 bridgehead atoms. The molecule has 1 rings (SSSR count). The van der Waals surface area contributed by atoms with Crippen LogP contribution in [0.25, 0.3) is 0 Å². The Bertz CT molecular complexity index is 404. The highest BCUT2D eigenvalue weighted by Gasteiger charge is 2.29. The quantitative estimate of drug-likeness (QED) is 0.729. The van der Waals surface area contributed by atoms with E-state index in [2.05, 4.69) is 19.2 Å². The molecule has 1 heterocycles. The van der Waals surface area contributed by atoms with Gasteiger partial charge in [-0.05, 0) is 48.0 Å². The van der Waals surface area contributed by atoms with Gasteiger partial charge >= 0.3 is 0 Å². The summed E-state index contributed by atoms with van der Waals surface area (Å²) in [5, 5.41) is 3.41. The number of hydrogen-bond acceptors (Lipinski definition) is 4. The lowest BCUT2D eigenvalue weighted by molar-refractivity contribution is -0.139. The molecule has 5 heteroatoms. The Labute approximate surface area is 127 Å². The van der Waals surface area contributed by atoms with Gasteiger partial charge in [-0.1, -0.05) is 0 Å². The number of imide groups is 1. The summed E-state index contributed by atoms with van der Waals surface area (Å²) in [6.07, 6.45) is 3.50. The smallest absolute Gasteiger partial charge is 0.253 e. The van der Waals surface area contributed by atoms with Crippen LogP contribution in [-0.4, -0.2) is 47.0 Å². The fourth-order valence-electron chi connectivity index (χ4n) is 2.06. The summed E-state index contributed by atoms with van der Waals surface area (Å²) in [5.74, 6) is -0.466. The minimum atomic E-state index is -0.233. The SMILES string of the molecule is CC(CNC(C)(C)CCOC(C)(C)C)N1C(=O)C=CC1=O.